The molecule has 1 heterocycles. The van der Waals surface area contributed by atoms with E-state index in [-0.39, 0.29) is 0 Å². The van der Waals surface area contributed by atoms with E-state index in [4.69, 9.17) is 0 Å². The van der Waals surface area contributed by atoms with Gasteiger partial charge in [0.15, 0.2) is 0 Å². The third-order valence-corrected chi connectivity index (χ3v) is 2.06. The van der Waals surface area contributed by atoms with Crippen LogP contribution in [0.2, 0.25) is 0 Å². The van der Waals surface area contributed by atoms with Gasteiger partial charge < -0.3 is 0 Å². The van der Waals surface area contributed by atoms with E-state index in [0.29, 0.717) is 0 Å². The molecule has 1 aromatic heterocycles. The number of halogens is 1. The van der Waals surface area contributed by atoms with Gasteiger partial charge in [0.2, 0.25) is 0 Å². The molecular weight excluding hydrogens is 190 g/mol. The average molecular weight is 196 g/mol. The monoisotopic (exact) mass is 195 g/mol. The largest absolute Gasteiger partial charge is 0.249 e. The van der Waals surface area contributed by atoms with Gasteiger partial charge in [-0.3, -0.25) is 0 Å². The highest BCUT2D eigenvalue weighted by molar-refractivity contribution is 9.10. The standard InChI is InChI=1S/C8H6BrN/c9-8-4-6-2-1-3-7(6)5-10-8/h1,3-5H,2H2. The first kappa shape index (κ1) is 6.10. The lowest BCUT2D eigenvalue weighted by molar-refractivity contribution is 1.20. The first-order valence-electron chi connectivity index (χ1n) is 3.17. The van der Waals surface area contributed by atoms with Gasteiger partial charge in [-0.25, -0.2) is 4.98 Å². The fourth-order valence-electron chi connectivity index (χ4n) is 1.12. The molecule has 1 aromatic rings. The summed E-state index contributed by atoms with van der Waals surface area (Å²) in [7, 11) is 0. The van der Waals surface area contributed by atoms with Crippen LogP contribution in [-0.2, 0) is 6.42 Å². The van der Waals surface area contributed by atoms with Gasteiger partial charge in [0.05, 0.1) is 0 Å². The van der Waals surface area contributed by atoms with Gasteiger partial charge >= 0.3 is 0 Å². The summed E-state index contributed by atoms with van der Waals surface area (Å²) in [5.41, 5.74) is 2.62. The van der Waals surface area contributed by atoms with Crippen LogP contribution in [0.15, 0.2) is 22.9 Å². The Labute approximate surface area is 67.9 Å². The van der Waals surface area contributed by atoms with Crippen LogP contribution in [0.1, 0.15) is 11.1 Å². The van der Waals surface area contributed by atoms with Gasteiger partial charge in [-0.15, -0.1) is 0 Å². The lowest BCUT2D eigenvalue weighted by Crippen LogP contribution is -1.83. The van der Waals surface area contributed by atoms with Crippen molar-refractivity contribution in [1.82, 2.24) is 4.98 Å². The molecule has 0 radical (unpaired) electrons. The molecule has 10 heavy (non-hydrogen) atoms. The molecule has 1 aliphatic rings. The average Bonchev–Trinajstić information content (AvgIpc) is 2.33. The lowest BCUT2D eigenvalue weighted by Gasteiger charge is -1.96. The summed E-state index contributed by atoms with van der Waals surface area (Å²) in [5.74, 6) is 0. The van der Waals surface area contributed by atoms with Crippen LogP contribution in [0.4, 0.5) is 0 Å². The Morgan fingerprint density at radius 2 is 2.40 bits per heavy atom. The molecule has 2 heteroatoms. The van der Waals surface area contributed by atoms with Crippen LogP contribution >= 0.6 is 15.9 Å². The SMILES string of the molecule is Brc1cc2c(cn1)C=CC2. The lowest BCUT2D eigenvalue weighted by atomic mass is 10.2. The van der Waals surface area contributed by atoms with Crippen LogP contribution in [0.5, 0.6) is 0 Å². The van der Waals surface area contributed by atoms with Crippen molar-refractivity contribution in [3.05, 3.63) is 34.1 Å². The first-order valence-corrected chi connectivity index (χ1v) is 3.96. The Kier molecular flexibility index (Phi) is 1.34. The van der Waals surface area contributed by atoms with Crippen molar-refractivity contribution in [1.29, 1.82) is 0 Å². The first-order chi connectivity index (χ1) is 4.86. The molecule has 0 unspecified atom stereocenters. The molecule has 0 fully saturated rings. The van der Waals surface area contributed by atoms with Gasteiger partial charge in [0.1, 0.15) is 4.60 Å². The van der Waals surface area contributed by atoms with Crippen molar-refractivity contribution in [3.63, 3.8) is 0 Å². The zero-order chi connectivity index (χ0) is 6.97. The van der Waals surface area contributed by atoms with Crippen molar-refractivity contribution in [2.75, 3.05) is 0 Å². The summed E-state index contributed by atoms with van der Waals surface area (Å²) < 4.78 is 0.926. The number of allylic oxidation sites excluding steroid dienone is 1. The van der Waals surface area contributed by atoms with Crippen LogP contribution in [0.25, 0.3) is 6.08 Å². The zero-order valence-electron chi connectivity index (χ0n) is 5.34. The molecule has 0 bridgehead atoms. The minimum absolute atomic E-state index is 0.926. The second-order valence-corrected chi connectivity index (χ2v) is 3.12. The summed E-state index contributed by atoms with van der Waals surface area (Å²) in [6.07, 6.45) is 7.20. The third-order valence-electron chi connectivity index (χ3n) is 1.63. The Bertz CT molecular complexity index is 291. The fraction of sp³-hybridized carbons (Fsp3) is 0.125. The Hall–Kier alpha value is -0.630. The van der Waals surface area contributed by atoms with E-state index in [1.54, 1.807) is 0 Å². The summed E-state index contributed by atoms with van der Waals surface area (Å²) in [6.45, 7) is 0. The van der Waals surface area contributed by atoms with Crippen molar-refractivity contribution in [2.24, 2.45) is 0 Å². The van der Waals surface area contributed by atoms with Crippen molar-refractivity contribution in [3.8, 4) is 0 Å². The van der Waals surface area contributed by atoms with Gasteiger partial charge in [-0.05, 0) is 39.5 Å². The molecule has 50 valence electrons. The van der Waals surface area contributed by atoms with Crippen LogP contribution in [0.3, 0.4) is 0 Å². The van der Waals surface area contributed by atoms with Crippen LogP contribution in [0, 0.1) is 0 Å². The normalized spacial score (nSPS) is 13.7. The molecule has 0 atom stereocenters. The molecule has 0 aliphatic heterocycles. The summed E-state index contributed by atoms with van der Waals surface area (Å²) >= 11 is 3.33. The van der Waals surface area contributed by atoms with E-state index in [1.165, 1.54) is 11.1 Å². The molecule has 0 aromatic carbocycles. The van der Waals surface area contributed by atoms with Crippen molar-refractivity contribution < 1.29 is 0 Å². The Morgan fingerprint density at radius 1 is 1.50 bits per heavy atom. The minimum atomic E-state index is 0.926. The summed E-state index contributed by atoms with van der Waals surface area (Å²) in [6, 6.07) is 2.06. The number of hydrogen-bond donors (Lipinski definition) is 0. The van der Waals surface area contributed by atoms with Gasteiger partial charge in [-0.2, -0.15) is 0 Å². The minimum Gasteiger partial charge on any atom is -0.249 e. The molecule has 2 rings (SSSR count). The van der Waals surface area contributed by atoms with E-state index in [0.717, 1.165) is 11.0 Å². The number of rotatable bonds is 0. The fourth-order valence-corrected chi connectivity index (χ4v) is 1.50. The molecule has 0 saturated carbocycles. The van der Waals surface area contributed by atoms with E-state index < -0.39 is 0 Å². The summed E-state index contributed by atoms with van der Waals surface area (Å²) in [4.78, 5) is 4.12. The highest BCUT2D eigenvalue weighted by Crippen LogP contribution is 2.20. The smallest absolute Gasteiger partial charge is 0.106 e. The van der Waals surface area contributed by atoms with Crippen molar-refractivity contribution in [2.45, 2.75) is 6.42 Å². The maximum Gasteiger partial charge on any atom is 0.106 e. The maximum absolute atomic E-state index is 4.12. The quantitative estimate of drug-likeness (QED) is 0.580. The zero-order valence-corrected chi connectivity index (χ0v) is 6.93. The molecular formula is C8H6BrN. The molecule has 0 N–H and O–H groups in total. The molecule has 0 spiro atoms. The molecule has 0 saturated heterocycles. The van der Waals surface area contributed by atoms with E-state index >= 15 is 0 Å². The number of fused-ring (bicyclic) bond motifs is 1. The van der Waals surface area contributed by atoms with E-state index in [9.17, 15) is 0 Å². The van der Waals surface area contributed by atoms with Crippen LogP contribution in [-0.4, -0.2) is 4.98 Å². The number of aromatic nitrogens is 1. The van der Waals surface area contributed by atoms with Crippen molar-refractivity contribution >= 4 is 22.0 Å². The van der Waals surface area contributed by atoms with Gasteiger partial charge in [0.25, 0.3) is 0 Å². The topological polar surface area (TPSA) is 12.9 Å². The Balaban J connectivity index is 2.59. The second-order valence-electron chi connectivity index (χ2n) is 2.31. The number of pyridine rings is 1. The van der Waals surface area contributed by atoms with Gasteiger partial charge in [0, 0.05) is 6.20 Å². The summed E-state index contributed by atoms with van der Waals surface area (Å²) in [5, 5.41) is 0. The van der Waals surface area contributed by atoms with E-state index in [2.05, 4.69) is 39.1 Å². The molecule has 0 amide bonds. The maximum atomic E-state index is 4.12. The number of nitrogens with zero attached hydrogens (tertiary/aromatic N) is 1. The second kappa shape index (κ2) is 2.20. The Morgan fingerprint density at radius 3 is 3.30 bits per heavy atom. The highest BCUT2D eigenvalue weighted by atomic mass is 79.9. The predicted molar refractivity (Wildman–Crippen MR) is 44.7 cm³/mol. The molecule has 1 nitrogen and oxygen atoms in total. The van der Waals surface area contributed by atoms with Gasteiger partial charge in [-0.1, -0.05) is 12.2 Å². The highest BCUT2D eigenvalue weighted by Gasteiger charge is 2.04. The molecule has 1 aliphatic carbocycles. The van der Waals surface area contributed by atoms with E-state index in [1.807, 2.05) is 6.20 Å². The third kappa shape index (κ3) is 0.886. The predicted octanol–water partition coefficient (Wildman–Crippen LogP) is 2.41. The van der Waals surface area contributed by atoms with Crippen LogP contribution < -0.4 is 0 Å². The number of hydrogen-bond acceptors (Lipinski definition) is 1.